The van der Waals surface area contributed by atoms with Crippen molar-refractivity contribution in [2.75, 3.05) is 51.9 Å². The summed E-state index contributed by atoms with van der Waals surface area (Å²) in [4.78, 5) is 27.1. The van der Waals surface area contributed by atoms with E-state index in [1.807, 2.05) is 0 Å². The quantitative estimate of drug-likeness (QED) is 0.573. The molecular weight excluding hydrogens is 422 g/mol. The van der Waals surface area contributed by atoms with E-state index in [0.29, 0.717) is 35.2 Å². The highest BCUT2D eigenvalue weighted by Gasteiger charge is 2.24. The van der Waals surface area contributed by atoms with Gasteiger partial charge in [-0.3, -0.25) is 14.5 Å². The van der Waals surface area contributed by atoms with Gasteiger partial charge in [0.05, 0.1) is 20.3 Å². The van der Waals surface area contributed by atoms with Crippen LogP contribution in [0.2, 0.25) is 0 Å². The highest BCUT2D eigenvalue weighted by Crippen LogP contribution is 2.17. The molecule has 2 amide bonds. The van der Waals surface area contributed by atoms with E-state index in [2.05, 4.69) is 29.4 Å². The van der Waals surface area contributed by atoms with E-state index in [-0.39, 0.29) is 24.5 Å². The number of morpholine rings is 1. The van der Waals surface area contributed by atoms with Gasteiger partial charge >= 0.3 is 0 Å². The second-order valence-electron chi connectivity index (χ2n) is 8.26. The largest absolute Gasteiger partial charge is 0.497 e. The summed E-state index contributed by atoms with van der Waals surface area (Å²) in [5, 5.41) is 5.81. The lowest BCUT2D eigenvalue weighted by Gasteiger charge is -2.36. The summed E-state index contributed by atoms with van der Waals surface area (Å²) in [6, 6.07) is 14.1. The summed E-state index contributed by atoms with van der Waals surface area (Å²) in [7, 11) is 1.57. The number of nitrogens with zero attached hydrogens (tertiary/aromatic N) is 1. The average molecular weight is 456 g/mol. The van der Waals surface area contributed by atoms with Gasteiger partial charge in [0.15, 0.2) is 6.61 Å². The van der Waals surface area contributed by atoms with Gasteiger partial charge in [0.1, 0.15) is 11.5 Å². The highest BCUT2D eigenvalue weighted by molar-refractivity contribution is 5.94. The number of anilines is 1. The van der Waals surface area contributed by atoms with Crippen molar-refractivity contribution in [3.8, 4) is 11.5 Å². The molecule has 8 heteroatoms. The van der Waals surface area contributed by atoms with Gasteiger partial charge in [-0.2, -0.15) is 0 Å². The van der Waals surface area contributed by atoms with Gasteiger partial charge in [0, 0.05) is 43.0 Å². The zero-order chi connectivity index (χ0) is 23.6. The van der Waals surface area contributed by atoms with Crippen molar-refractivity contribution >= 4 is 17.5 Å². The van der Waals surface area contributed by atoms with Gasteiger partial charge in [0.2, 0.25) is 0 Å². The molecule has 0 bridgehead atoms. The summed E-state index contributed by atoms with van der Waals surface area (Å²) < 4.78 is 16.1. The first kappa shape index (κ1) is 24.5. The van der Waals surface area contributed by atoms with E-state index in [0.717, 1.165) is 26.3 Å². The van der Waals surface area contributed by atoms with Crippen LogP contribution in [0.15, 0.2) is 48.5 Å². The van der Waals surface area contributed by atoms with Crippen LogP contribution in [0.1, 0.15) is 24.2 Å². The zero-order valence-corrected chi connectivity index (χ0v) is 19.5. The molecule has 8 nitrogen and oxygen atoms in total. The Bertz CT molecular complexity index is 911. The predicted octanol–water partition coefficient (Wildman–Crippen LogP) is 2.80. The third kappa shape index (κ3) is 7.47. The number of methoxy groups -OCH3 is 1. The topological polar surface area (TPSA) is 89.1 Å². The molecule has 1 aliphatic heterocycles. The predicted molar refractivity (Wildman–Crippen MR) is 127 cm³/mol. The molecule has 2 aromatic rings. The molecule has 0 aliphatic carbocycles. The lowest BCUT2D eigenvalue weighted by Crippen LogP contribution is -2.51. The van der Waals surface area contributed by atoms with Crippen LogP contribution < -0.4 is 20.1 Å². The molecule has 3 rings (SSSR count). The first-order valence-electron chi connectivity index (χ1n) is 11.2. The van der Waals surface area contributed by atoms with Crippen molar-refractivity contribution < 1.29 is 23.8 Å². The maximum Gasteiger partial charge on any atom is 0.262 e. The number of carbonyl (C=O) groups excluding carboxylic acids is 2. The van der Waals surface area contributed by atoms with Crippen LogP contribution >= 0.6 is 0 Å². The summed E-state index contributed by atoms with van der Waals surface area (Å²) in [5.74, 6) is 1.18. The van der Waals surface area contributed by atoms with Crippen LogP contribution in [0.3, 0.4) is 0 Å². The minimum atomic E-state index is -0.284. The number of carbonyl (C=O) groups is 2. The van der Waals surface area contributed by atoms with E-state index in [4.69, 9.17) is 14.2 Å². The van der Waals surface area contributed by atoms with Gasteiger partial charge in [-0.1, -0.05) is 19.9 Å². The lowest BCUT2D eigenvalue weighted by molar-refractivity contribution is -0.118. The number of hydrogen-bond acceptors (Lipinski definition) is 6. The molecule has 1 heterocycles. The van der Waals surface area contributed by atoms with Crippen LogP contribution in [0, 0.1) is 5.92 Å². The standard InChI is InChI=1S/C25H33N3O5/c1-18(2)23(28-11-13-32-14-12-28)16-26-25(30)19-7-9-21(10-8-19)33-17-24(29)27-20-5-4-6-22(15-20)31-3/h4-10,15,18,23H,11-14,16-17H2,1-3H3,(H,26,30)(H,27,29). The van der Waals surface area contributed by atoms with E-state index in [1.54, 1.807) is 55.6 Å². The maximum absolute atomic E-state index is 12.6. The van der Waals surface area contributed by atoms with Crippen molar-refractivity contribution in [1.82, 2.24) is 10.2 Å². The highest BCUT2D eigenvalue weighted by atomic mass is 16.5. The van der Waals surface area contributed by atoms with E-state index in [9.17, 15) is 9.59 Å². The monoisotopic (exact) mass is 455 g/mol. The molecule has 1 saturated heterocycles. The molecule has 0 spiro atoms. The Balaban J connectivity index is 1.46. The second kappa shape index (κ2) is 12.2. The molecule has 0 saturated carbocycles. The molecule has 33 heavy (non-hydrogen) atoms. The number of nitrogens with one attached hydrogen (secondary N) is 2. The number of rotatable bonds is 10. The van der Waals surface area contributed by atoms with Crippen molar-refractivity contribution in [1.29, 1.82) is 0 Å². The molecule has 2 N–H and O–H groups in total. The van der Waals surface area contributed by atoms with Crippen molar-refractivity contribution in [2.24, 2.45) is 5.92 Å². The Morgan fingerprint density at radius 3 is 2.45 bits per heavy atom. The Labute approximate surface area is 195 Å². The Kier molecular flexibility index (Phi) is 9.09. The molecule has 1 fully saturated rings. The maximum atomic E-state index is 12.6. The van der Waals surface area contributed by atoms with Crippen molar-refractivity contribution in [2.45, 2.75) is 19.9 Å². The third-order valence-corrected chi connectivity index (χ3v) is 5.60. The number of amides is 2. The minimum Gasteiger partial charge on any atom is -0.497 e. The molecule has 1 atom stereocenters. The fraction of sp³-hybridized carbons (Fsp3) is 0.440. The molecule has 0 aromatic heterocycles. The van der Waals surface area contributed by atoms with Gasteiger partial charge in [-0.15, -0.1) is 0 Å². The molecule has 1 unspecified atom stereocenters. The summed E-state index contributed by atoms with van der Waals surface area (Å²) in [6.45, 7) is 8.02. The van der Waals surface area contributed by atoms with Crippen LogP contribution in [0.25, 0.3) is 0 Å². The lowest BCUT2D eigenvalue weighted by atomic mass is 10.0. The van der Waals surface area contributed by atoms with Gasteiger partial charge in [-0.05, 0) is 42.3 Å². The van der Waals surface area contributed by atoms with E-state index < -0.39 is 0 Å². The van der Waals surface area contributed by atoms with Crippen molar-refractivity contribution in [3.05, 3.63) is 54.1 Å². The molecule has 0 radical (unpaired) electrons. The molecule has 2 aromatic carbocycles. The Hall–Kier alpha value is -3.10. The number of benzene rings is 2. The SMILES string of the molecule is COc1cccc(NC(=O)COc2ccc(C(=O)NCC(C(C)C)N3CCOCC3)cc2)c1. The Morgan fingerprint density at radius 1 is 1.06 bits per heavy atom. The van der Waals surface area contributed by atoms with Gasteiger partial charge < -0.3 is 24.8 Å². The smallest absolute Gasteiger partial charge is 0.262 e. The fourth-order valence-electron chi connectivity index (χ4n) is 3.74. The summed E-state index contributed by atoms with van der Waals surface area (Å²) in [6.07, 6.45) is 0. The van der Waals surface area contributed by atoms with Crippen LogP contribution in [-0.4, -0.2) is 69.3 Å². The number of hydrogen-bond donors (Lipinski definition) is 2. The van der Waals surface area contributed by atoms with Gasteiger partial charge in [-0.25, -0.2) is 0 Å². The summed E-state index contributed by atoms with van der Waals surface area (Å²) in [5.41, 5.74) is 1.18. The second-order valence-corrected chi connectivity index (χ2v) is 8.26. The molecule has 1 aliphatic rings. The third-order valence-electron chi connectivity index (χ3n) is 5.60. The normalized spacial score (nSPS) is 15.0. The Morgan fingerprint density at radius 2 is 1.79 bits per heavy atom. The van der Waals surface area contributed by atoms with Crippen LogP contribution in [-0.2, 0) is 9.53 Å². The zero-order valence-electron chi connectivity index (χ0n) is 19.5. The first-order chi connectivity index (χ1) is 16.0. The molecule has 178 valence electrons. The number of ether oxygens (including phenoxy) is 3. The minimum absolute atomic E-state index is 0.128. The van der Waals surface area contributed by atoms with Crippen molar-refractivity contribution in [3.63, 3.8) is 0 Å². The van der Waals surface area contributed by atoms with Crippen LogP contribution in [0.5, 0.6) is 11.5 Å². The fourth-order valence-corrected chi connectivity index (χ4v) is 3.74. The van der Waals surface area contributed by atoms with E-state index in [1.165, 1.54) is 0 Å². The first-order valence-corrected chi connectivity index (χ1v) is 11.2. The van der Waals surface area contributed by atoms with E-state index >= 15 is 0 Å². The summed E-state index contributed by atoms with van der Waals surface area (Å²) >= 11 is 0. The average Bonchev–Trinajstić information content (AvgIpc) is 2.83. The molecular formula is C25H33N3O5. The van der Waals surface area contributed by atoms with Crippen LogP contribution in [0.4, 0.5) is 5.69 Å². The van der Waals surface area contributed by atoms with Gasteiger partial charge in [0.25, 0.3) is 11.8 Å².